The van der Waals surface area contributed by atoms with Crippen molar-refractivity contribution in [3.8, 4) is 0 Å². The number of rotatable bonds is 4. The van der Waals surface area contributed by atoms with Crippen molar-refractivity contribution in [1.29, 1.82) is 0 Å². The molecule has 2 rings (SSSR count). The first-order valence-electron chi connectivity index (χ1n) is 6.92. The molecule has 1 aromatic rings. The molecule has 0 aliphatic carbocycles. The number of likely N-dealkylation sites (tertiary alicyclic amines) is 1. The van der Waals surface area contributed by atoms with Crippen molar-refractivity contribution in [1.82, 2.24) is 4.90 Å². The van der Waals surface area contributed by atoms with E-state index in [0.29, 0.717) is 13.0 Å². The summed E-state index contributed by atoms with van der Waals surface area (Å²) < 4.78 is 0. The second kappa shape index (κ2) is 5.43. The molecular weight excluding hydrogens is 238 g/mol. The van der Waals surface area contributed by atoms with Gasteiger partial charge >= 0.3 is 0 Å². The van der Waals surface area contributed by atoms with Crippen LogP contribution in [-0.2, 0) is 0 Å². The maximum Gasteiger partial charge on any atom is 0.164 e. The summed E-state index contributed by atoms with van der Waals surface area (Å²) in [5, 5.41) is 9.89. The Labute approximate surface area is 115 Å². The molecule has 1 atom stereocenters. The summed E-state index contributed by atoms with van der Waals surface area (Å²) >= 11 is 0. The Hall–Kier alpha value is -1.19. The minimum absolute atomic E-state index is 0.193. The van der Waals surface area contributed by atoms with Crippen molar-refractivity contribution >= 4 is 5.78 Å². The minimum Gasteiger partial charge on any atom is -0.389 e. The number of carbonyl (C=O) groups excluding carboxylic acids is 1. The van der Waals surface area contributed by atoms with Gasteiger partial charge in [-0.3, -0.25) is 9.69 Å². The zero-order valence-electron chi connectivity index (χ0n) is 12.1. The van der Waals surface area contributed by atoms with Crippen molar-refractivity contribution in [2.24, 2.45) is 0 Å². The Morgan fingerprint density at radius 1 is 1.32 bits per heavy atom. The molecule has 0 radical (unpaired) electrons. The van der Waals surface area contributed by atoms with Crippen LogP contribution in [0.1, 0.15) is 41.3 Å². The van der Waals surface area contributed by atoms with Crippen molar-refractivity contribution < 1.29 is 9.90 Å². The van der Waals surface area contributed by atoms with Crippen LogP contribution in [0.2, 0.25) is 0 Å². The van der Waals surface area contributed by atoms with Gasteiger partial charge in [0, 0.05) is 31.6 Å². The van der Waals surface area contributed by atoms with Crippen LogP contribution in [0, 0.1) is 13.8 Å². The van der Waals surface area contributed by atoms with Crippen molar-refractivity contribution in [2.75, 3.05) is 19.6 Å². The van der Waals surface area contributed by atoms with Gasteiger partial charge in [0.1, 0.15) is 0 Å². The number of Topliss-reactive ketones (excluding diaryl/α,β-unsaturated/α-hetero) is 1. The fourth-order valence-electron chi connectivity index (χ4n) is 2.77. The average Bonchev–Trinajstić information content (AvgIpc) is 2.64. The summed E-state index contributed by atoms with van der Waals surface area (Å²) in [6.07, 6.45) is 1.32. The summed E-state index contributed by atoms with van der Waals surface area (Å²) in [6.45, 7) is 8.18. The summed E-state index contributed by atoms with van der Waals surface area (Å²) in [5.74, 6) is 0.193. The molecule has 1 N–H and O–H groups in total. The highest BCUT2D eigenvalue weighted by atomic mass is 16.3. The molecule has 0 amide bonds. The lowest BCUT2D eigenvalue weighted by molar-refractivity contribution is 0.0677. The fraction of sp³-hybridized carbons (Fsp3) is 0.562. The molecule has 1 heterocycles. The van der Waals surface area contributed by atoms with Crippen LogP contribution in [0.4, 0.5) is 0 Å². The molecular formula is C16H23NO2. The van der Waals surface area contributed by atoms with E-state index in [1.165, 1.54) is 0 Å². The van der Waals surface area contributed by atoms with Crippen LogP contribution in [-0.4, -0.2) is 41.0 Å². The Morgan fingerprint density at radius 3 is 2.47 bits per heavy atom. The maximum absolute atomic E-state index is 12.2. The highest BCUT2D eigenvalue weighted by Crippen LogP contribution is 2.20. The summed E-state index contributed by atoms with van der Waals surface area (Å²) in [6, 6.07) is 5.99. The van der Waals surface area contributed by atoms with E-state index in [2.05, 4.69) is 11.0 Å². The second-order valence-corrected chi connectivity index (χ2v) is 6.07. The predicted molar refractivity (Wildman–Crippen MR) is 76.5 cm³/mol. The monoisotopic (exact) mass is 261 g/mol. The molecule has 0 bridgehead atoms. The second-order valence-electron chi connectivity index (χ2n) is 6.07. The Kier molecular flexibility index (Phi) is 4.07. The summed E-state index contributed by atoms with van der Waals surface area (Å²) in [4.78, 5) is 14.3. The highest BCUT2D eigenvalue weighted by molar-refractivity contribution is 5.96. The lowest BCUT2D eigenvalue weighted by Gasteiger charge is -2.18. The molecule has 1 saturated heterocycles. The Morgan fingerprint density at radius 2 is 1.95 bits per heavy atom. The van der Waals surface area contributed by atoms with Gasteiger partial charge in [-0.25, -0.2) is 0 Å². The Balaban J connectivity index is 1.91. The van der Waals surface area contributed by atoms with E-state index in [-0.39, 0.29) is 5.78 Å². The van der Waals surface area contributed by atoms with Crippen LogP contribution in [0.5, 0.6) is 0 Å². The van der Waals surface area contributed by atoms with Gasteiger partial charge < -0.3 is 5.11 Å². The normalized spacial score (nSPS) is 23.8. The summed E-state index contributed by atoms with van der Waals surface area (Å²) in [5.41, 5.74) is 2.49. The summed E-state index contributed by atoms with van der Waals surface area (Å²) in [7, 11) is 0. The van der Waals surface area contributed by atoms with Crippen molar-refractivity contribution in [2.45, 2.75) is 39.2 Å². The first-order chi connectivity index (χ1) is 8.85. The van der Waals surface area contributed by atoms with E-state index >= 15 is 0 Å². The van der Waals surface area contributed by atoms with E-state index in [4.69, 9.17) is 0 Å². The molecule has 1 unspecified atom stereocenters. The third-order valence-electron chi connectivity index (χ3n) is 3.73. The molecule has 3 heteroatoms. The SMILES string of the molecule is Cc1cc(C)cc(C(=O)CCN2CCC(C)(O)C2)c1. The van der Waals surface area contributed by atoms with Gasteiger partial charge in [-0.15, -0.1) is 0 Å². The van der Waals surface area contributed by atoms with E-state index in [1.807, 2.05) is 32.9 Å². The van der Waals surface area contributed by atoms with Crippen LogP contribution in [0.25, 0.3) is 0 Å². The lowest BCUT2D eigenvalue weighted by atomic mass is 10.0. The lowest BCUT2D eigenvalue weighted by Crippen LogP contribution is -2.31. The number of hydrogen-bond donors (Lipinski definition) is 1. The molecule has 0 spiro atoms. The minimum atomic E-state index is -0.580. The molecule has 1 aromatic carbocycles. The number of aliphatic hydroxyl groups is 1. The van der Waals surface area contributed by atoms with Crippen LogP contribution >= 0.6 is 0 Å². The topological polar surface area (TPSA) is 40.5 Å². The number of β-amino-alcohol motifs (C(OH)–C–C–N with tert-alkyl or cyclic N) is 1. The number of nitrogens with zero attached hydrogens (tertiary/aromatic N) is 1. The smallest absolute Gasteiger partial charge is 0.164 e. The highest BCUT2D eigenvalue weighted by Gasteiger charge is 2.31. The number of aryl methyl sites for hydroxylation is 2. The number of benzene rings is 1. The predicted octanol–water partition coefficient (Wildman–Crippen LogP) is 2.33. The Bertz CT molecular complexity index is 459. The van der Waals surface area contributed by atoms with Gasteiger partial charge in [0.25, 0.3) is 0 Å². The molecule has 1 aliphatic rings. The van der Waals surface area contributed by atoms with Crippen molar-refractivity contribution in [3.05, 3.63) is 34.9 Å². The average molecular weight is 261 g/mol. The van der Waals surface area contributed by atoms with Gasteiger partial charge in [0.05, 0.1) is 5.60 Å². The van der Waals surface area contributed by atoms with Gasteiger partial charge in [-0.05, 0) is 39.3 Å². The fourth-order valence-corrected chi connectivity index (χ4v) is 2.77. The first kappa shape index (κ1) is 14.2. The zero-order chi connectivity index (χ0) is 14.0. The van der Waals surface area contributed by atoms with Gasteiger partial charge in [0.2, 0.25) is 0 Å². The molecule has 0 saturated carbocycles. The van der Waals surface area contributed by atoms with E-state index in [1.54, 1.807) is 0 Å². The van der Waals surface area contributed by atoms with E-state index in [0.717, 1.165) is 36.2 Å². The number of hydrogen-bond acceptors (Lipinski definition) is 3. The molecule has 19 heavy (non-hydrogen) atoms. The number of carbonyl (C=O) groups is 1. The molecule has 0 aromatic heterocycles. The van der Waals surface area contributed by atoms with Crippen LogP contribution in [0.15, 0.2) is 18.2 Å². The first-order valence-corrected chi connectivity index (χ1v) is 6.92. The molecule has 1 fully saturated rings. The zero-order valence-corrected chi connectivity index (χ0v) is 12.1. The quantitative estimate of drug-likeness (QED) is 0.846. The molecule has 104 valence electrons. The van der Waals surface area contributed by atoms with Crippen LogP contribution < -0.4 is 0 Å². The van der Waals surface area contributed by atoms with Gasteiger partial charge in [-0.2, -0.15) is 0 Å². The maximum atomic E-state index is 12.2. The molecule has 3 nitrogen and oxygen atoms in total. The largest absolute Gasteiger partial charge is 0.389 e. The third kappa shape index (κ3) is 3.88. The molecule has 1 aliphatic heterocycles. The standard InChI is InChI=1S/C16H23NO2/c1-12-8-13(2)10-14(9-12)15(18)4-6-17-7-5-16(3,19)11-17/h8-10,19H,4-7,11H2,1-3H3. The number of ketones is 1. The van der Waals surface area contributed by atoms with Gasteiger partial charge in [-0.1, -0.05) is 17.2 Å². The van der Waals surface area contributed by atoms with E-state index in [9.17, 15) is 9.90 Å². The van der Waals surface area contributed by atoms with Crippen molar-refractivity contribution in [3.63, 3.8) is 0 Å². The third-order valence-corrected chi connectivity index (χ3v) is 3.73. The van der Waals surface area contributed by atoms with Crippen LogP contribution in [0.3, 0.4) is 0 Å². The van der Waals surface area contributed by atoms with Gasteiger partial charge in [0.15, 0.2) is 5.78 Å². The van der Waals surface area contributed by atoms with E-state index < -0.39 is 5.60 Å².